The molecule has 0 fully saturated rings. The Morgan fingerprint density at radius 2 is 1.88 bits per heavy atom. The SMILES string of the molecule is C[C@H](NC(=O)c1ccc(Cl)c([N+](=O)[O-])c1)C(=O)NCc1ccccc1. The summed E-state index contributed by atoms with van der Waals surface area (Å²) >= 11 is 5.71. The van der Waals surface area contributed by atoms with E-state index in [1.54, 1.807) is 0 Å². The first-order valence-corrected chi connectivity index (χ1v) is 7.82. The number of carbonyl (C=O) groups is 2. The monoisotopic (exact) mass is 361 g/mol. The van der Waals surface area contributed by atoms with Gasteiger partial charge in [0.25, 0.3) is 11.6 Å². The van der Waals surface area contributed by atoms with Crippen LogP contribution < -0.4 is 10.6 Å². The zero-order valence-electron chi connectivity index (χ0n) is 13.4. The summed E-state index contributed by atoms with van der Waals surface area (Å²) in [6.45, 7) is 1.87. The maximum absolute atomic E-state index is 12.2. The highest BCUT2D eigenvalue weighted by Crippen LogP contribution is 2.25. The summed E-state index contributed by atoms with van der Waals surface area (Å²) in [5.74, 6) is -0.956. The second-order valence-electron chi connectivity index (χ2n) is 5.32. The number of nitro groups is 1. The molecule has 2 rings (SSSR count). The molecule has 8 heteroatoms. The van der Waals surface area contributed by atoms with Crippen molar-refractivity contribution in [3.05, 3.63) is 74.8 Å². The van der Waals surface area contributed by atoms with Crippen molar-refractivity contribution >= 4 is 29.1 Å². The fraction of sp³-hybridized carbons (Fsp3) is 0.176. The van der Waals surface area contributed by atoms with Crippen molar-refractivity contribution in [2.75, 3.05) is 0 Å². The molecule has 0 aliphatic heterocycles. The molecule has 1 atom stereocenters. The number of rotatable bonds is 6. The Morgan fingerprint density at radius 1 is 1.20 bits per heavy atom. The Bertz CT molecular complexity index is 796. The van der Waals surface area contributed by atoms with Gasteiger partial charge in [-0.25, -0.2) is 0 Å². The van der Waals surface area contributed by atoms with Crippen molar-refractivity contribution in [1.82, 2.24) is 10.6 Å². The molecular formula is C17H16ClN3O4. The van der Waals surface area contributed by atoms with E-state index in [1.165, 1.54) is 19.1 Å². The van der Waals surface area contributed by atoms with E-state index in [9.17, 15) is 19.7 Å². The fourth-order valence-electron chi connectivity index (χ4n) is 2.08. The van der Waals surface area contributed by atoms with Crippen LogP contribution in [0.25, 0.3) is 0 Å². The van der Waals surface area contributed by atoms with E-state index in [1.807, 2.05) is 30.3 Å². The number of nitro benzene ring substituents is 1. The van der Waals surface area contributed by atoms with Crippen molar-refractivity contribution in [3.8, 4) is 0 Å². The van der Waals surface area contributed by atoms with E-state index in [-0.39, 0.29) is 22.2 Å². The lowest BCUT2D eigenvalue weighted by atomic mass is 10.1. The van der Waals surface area contributed by atoms with Crippen LogP contribution in [0.1, 0.15) is 22.8 Å². The number of hydrogen-bond acceptors (Lipinski definition) is 4. The Kier molecular flexibility index (Phi) is 6.08. The Morgan fingerprint density at radius 3 is 2.52 bits per heavy atom. The maximum Gasteiger partial charge on any atom is 0.288 e. The maximum atomic E-state index is 12.2. The standard InChI is InChI=1S/C17H16ClN3O4/c1-11(16(22)19-10-12-5-3-2-4-6-12)20-17(23)13-7-8-14(18)15(9-13)21(24)25/h2-9,11H,10H2,1H3,(H,19,22)(H,20,23)/t11-/m0/s1. The van der Waals surface area contributed by atoms with Gasteiger partial charge >= 0.3 is 0 Å². The van der Waals surface area contributed by atoms with Crippen LogP contribution >= 0.6 is 11.6 Å². The lowest BCUT2D eigenvalue weighted by molar-refractivity contribution is -0.384. The molecule has 7 nitrogen and oxygen atoms in total. The van der Waals surface area contributed by atoms with Crippen LogP contribution in [0, 0.1) is 10.1 Å². The third-order valence-corrected chi connectivity index (χ3v) is 3.78. The van der Waals surface area contributed by atoms with Crippen molar-refractivity contribution in [3.63, 3.8) is 0 Å². The van der Waals surface area contributed by atoms with Crippen LogP contribution in [0.2, 0.25) is 5.02 Å². The van der Waals surface area contributed by atoms with Gasteiger partial charge in [-0.2, -0.15) is 0 Å². The van der Waals surface area contributed by atoms with Gasteiger partial charge in [-0.05, 0) is 24.6 Å². The van der Waals surface area contributed by atoms with E-state index in [4.69, 9.17) is 11.6 Å². The molecule has 2 aromatic carbocycles. The van der Waals surface area contributed by atoms with E-state index in [2.05, 4.69) is 10.6 Å². The molecule has 2 aromatic rings. The number of hydrogen-bond donors (Lipinski definition) is 2. The van der Waals surface area contributed by atoms with Crippen molar-refractivity contribution < 1.29 is 14.5 Å². The quantitative estimate of drug-likeness (QED) is 0.610. The summed E-state index contributed by atoms with van der Waals surface area (Å²) in [6, 6.07) is 12.2. The number of halogens is 1. The van der Waals surface area contributed by atoms with Crippen LogP contribution in [0.5, 0.6) is 0 Å². The van der Waals surface area contributed by atoms with Crippen LogP contribution in [0.3, 0.4) is 0 Å². The Balaban J connectivity index is 1.96. The molecule has 0 radical (unpaired) electrons. The molecule has 0 heterocycles. The molecule has 0 unspecified atom stereocenters. The molecular weight excluding hydrogens is 346 g/mol. The molecule has 130 valence electrons. The van der Waals surface area contributed by atoms with Gasteiger partial charge in [0, 0.05) is 18.2 Å². The van der Waals surface area contributed by atoms with E-state index < -0.39 is 16.9 Å². The van der Waals surface area contributed by atoms with Gasteiger partial charge in [-0.1, -0.05) is 41.9 Å². The Labute approximate surface area is 149 Å². The van der Waals surface area contributed by atoms with Crippen LogP contribution in [-0.4, -0.2) is 22.8 Å². The highest BCUT2D eigenvalue weighted by molar-refractivity contribution is 6.32. The predicted octanol–water partition coefficient (Wildman–Crippen LogP) is 2.68. The molecule has 0 aromatic heterocycles. The summed E-state index contributed by atoms with van der Waals surface area (Å²) in [7, 11) is 0. The van der Waals surface area contributed by atoms with Gasteiger partial charge in [-0.3, -0.25) is 19.7 Å². The molecule has 0 aliphatic rings. The molecule has 0 saturated heterocycles. The molecule has 2 N–H and O–H groups in total. The van der Waals surface area contributed by atoms with Crippen LogP contribution in [0.4, 0.5) is 5.69 Å². The number of benzene rings is 2. The molecule has 0 spiro atoms. The lowest BCUT2D eigenvalue weighted by Crippen LogP contribution is -2.44. The second kappa shape index (κ2) is 8.25. The largest absolute Gasteiger partial charge is 0.350 e. The summed E-state index contributed by atoms with van der Waals surface area (Å²) in [5, 5.41) is 16.0. The lowest BCUT2D eigenvalue weighted by Gasteiger charge is -2.14. The third kappa shape index (κ3) is 5.02. The number of amides is 2. The third-order valence-electron chi connectivity index (χ3n) is 3.46. The van der Waals surface area contributed by atoms with Gasteiger partial charge in [-0.15, -0.1) is 0 Å². The van der Waals surface area contributed by atoms with Gasteiger partial charge in [0.15, 0.2) is 0 Å². The number of nitrogens with one attached hydrogen (secondary N) is 2. The first-order valence-electron chi connectivity index (χ1n) is 7.45. The Hall–Kier alpha value is -2.93. The summed E-state index contributed by atoms with van der Waals surface area (Å²) in [4.78, 5) is 34.4. The van der Waals surface area contributed by atoms with Crippen LogP contribution in [-0.2, 0) is 11.3 Å². The van der Waals surface area contributed by atoms with E-state index in [0.717, 1.165) is 11.6 Å². The molecule has 25 heavy (non-hydrogen) atoms. The molecule has 0 bridgehead atoms. The summed E-state index contributed by atoms with van der Waals surface area (Å²) < 4.78 is 0. The molecule has 0 aliphatic carbocycles. The van der Waals surface area contributed by atoms with Gasteiger partial charge in [0.05, 0.1) is 4.92 Å². The second-order valence-corrected chi connectivity index (χ2v) is 5.73. The minimum Gasteiger partial charge on any atom is -0.350 e. The summed E-state index contributed by atoms with van der Waals surface area (Å²) in [6.07, 6.45) is 0. The average molecular weight is 362 g/mol. The van der Waals surface area contributed by atoms with Gasteiger partial charge in [0.2, 0.25) is 5.91 Å². The van der Waals surface area contributed by atoms with E-state index >= 15 is 0 Å². The first-order chi connectivity index (χ1) is 11.9. The summed E-state index contributed by atoms with van der Waals surface area (Å²) in [5.41, 5.74) is 0.622. The van der Waals surface area contributed by atoms with Gasteiger partial charge < -0.3 is 10.6 Å². The molecule has 2 amide bonds. The average Bonchev–Trinajstić information content (AvgIpc) is 2.60. The van der Waals surface area contributed by atoms with Crippen LogP contribution in [0.15, 0.2) is 48.5 Å². The fourth-order valence-corrected chi connectivity index (χ4v) is 2.26. The zero-order valence-corrected chi connectivity index (χ0v) is 14.1. The minimum absolute atomic E-state index is 0.0545. The highest BCUT2D eigenvalue weighted by Gasteiger charge is 2.20. The van der Waals surface area contributed by atoms with Crippen molar-refractivity contribution in [2.45, 2.75) is 19.5 Å². The minimum atomic E-state index is -0.800. The van der Waals surface area contributed by atoms with E-state index in [0.29, 0.717) is 6.54 Å². The van der Waals surface area contributed by atoms with Gasteiger partial charge in [0.1, 0.15) is 11.1 Å². The molecule has 0 saturated carbocycles. The number of carbonyl (C=O) groups excluding carboxylic acids is 2. The van der Waals surface area contributed by atoms with Crippen molar-refractivity contribution in [2.24, 2.45) is 0 Å². The van der Waals surface area contributed by atoms with Crippen molar-refractivity contribution in [1.29, 1.82) is 0 Å². The first kappa shape index (κ1) is 18.4. The predicted molar refractivity (Wildman–Crippen MR) is 93.3 cm³/mol. The zero-order chi connectivity index (χ0) is 18.4. The highest BCUT2D eigenvalue weighted by atomic mass is 35.5. The smallest absolute Gasteiger partial charge is 0.288 e. The topological polar surface area (TPSA) is 101 Å². The normalized spacial score (nSPS) is 11.4. The number of nitrogens with zero attached hydrogens (tertiary/aromatic N) is 1.